The van der Waals surface area contributed by atoms with Gasteiger partial charge in [-0.15, -0.1) is 0 Å². The molecule has 2 rings (SSSR count). The number of ketones is 1. The Morgan fingerprint density at radius 3 is 2.15 bits per heavy atom. The summed E-state index contributed by atoms with van der Waals surface area (Å²) >= 11 is 0. The van der Waals surface area contributed by atoms with Crippen molar-refractivity contribution in [3.05, 3.63) is 48.0 Å². The largest absolute Gasteiger partial charge is 0.497 e. The van der Waals surface area contributed by atoms with E-state index in [4.69, 9.17) is 14.2 Å². The van der Waals surface area contributed by atoms with Gasteiger partial charge in [0.2, 0.25) is 0 Å². The molecule has 0 aromatic heterocycles. The van der Waals surface area contributed by atoms with Gasteiger partial charge in [-0.25, -0.2) is 0 Å². The van der Waals surface area contributed by atoms with Crippen molar-refractivity contribution in [1.82, 2.24) is 0 Å². The Balaban J connectivity index is 2.14. The number of benzene rings is 2. The summed E-state index contributed by atoms with van der Waals surface area (Å²) in [6, 6.07) is 13.1. The SMILES string of the molecule is CCN(c1ccc(OC)c(OC)c1)C(C)CC(=O)c1ccc(OC)cc1. The van der Waals surface area contributed by atoms with Gasteiger partial charge in [-0.1, -0.05) is 0 Å². The number of carbonyl (C=O) groups is 1. The van der Waals surface area contributed by atoms with Gasteiger partial charge < -0.3 is 19.1 Å². The maximum atomic E-state index is 12.6. The molecule has 0 aliphatic carbocycles. The van der Waals surface area contributed by atoms with E-state index < -0.39 is 0 Å². The molecule has 0 spiro atoms. The minimum atomic E-state index is 0.0488. The molecule has 5 heteroatoms. The summed E-state index contributed by atoms with van der Waals surface area (Å²) in [4.78, 5) is 14.8. The van der Waals surface area contributed by atoms with Crippen LogP contribution in [0.1, 0.15) is 30.6 Å². The van der Waals surface area contributed by atoms with Crippen molar-refractivity contribution >= 4 is 11.5 Å². The lowest BCUT2D eigenvalue weighted by atomic mass is 10.0. The number of nitrogens with zero attached hydrogens (tertiary/aromatic N) is 1. The molecule has 0 aliphatic rings. The molecule has 0 fully saturated rings. The topological polar surface area (TPSA) is 48.0 Å². The van der Waals surface area contributed by atoms with E-state index in [-0.39, 0.29) is 11.8 Å². The first kappa shape index (κ1) is 19.6. The van der Waals surface area contributed by atoms with E-state index in [0.717, 1.165) is 18.0 Å². The van der Waals surface area contributed by atoms with Crippen LogP contribution in [0.25, 0.3) is 0 Å². The fraction of sp³-hybridized carbons (Fsp3) is 0.381. The monoisotopic (exact) mass is 357 g/mol. The summed E-state index contributed by atoms with van der Waals surface area (Å²) in [7, 11) is 4.85. The van der Waals surface area contributed by atoms with Gasteiger partial charge in [0.25, 0.3) is 0 Å². The van der Waals surface area contributed by atoms with Gasteiger partial charge >= 0.3 is 0 Å². The van der Waals surface area contributed by atoms with Gasteiger partial charge in [-0.2, -0.15) is 0 Å². The van der Waals surface area contributed by atoms with Gasteiger partial charge in [-0.3, -0.25) is 4.79 Å². The Labute approximate surface area is 155 Å². The second-order valence-corrected chi connectivity index (χ2v) is 6.03. The summed E-state index contributed by atoms with van der Waals surface area (Å²) < 4.78 is 15.8. The zero-order valence-corrected chi connectivity index (χ0v) is 16.1. The third-order valence-electron chi connectivity index (χ3n) is 4.46. The molecule has 1 unspecified atom stereocenters. The molecule has 0 aliphatic heterocycles. The van der Waals surface area contributed by atoms with Crippen molar-refractivity contribution in [1.29, 1.82) is 0 Å². The molecule has 26 heavy (non-hydrogen) atoms. The van der Waals surface area contributed by atoms with Crippen LogP contribution in [0.15, 0.2) is 42.5 Å². The number of rotatable bonds is 9. The summed E-state index contributed by atoms with van der Waals surface area (Å²) in [6.45, 7) is 4.92. The zero-order chi connectivity index (χ0) is 19.1. The second kappa shape index (κ2) is 9.13. The summed E-state index contributed by atoms with van der Waals surface area (Å²) in [5.74, 6) is 2.22. The van der Waals surface area contributed by atoms with Gasteiger partial charge in [-0.05, 0) is 50.2 Å². The molecule has 0 amide bonds. The summed E-state index contributed by atoms with van der Waals surface area (Å²) in [6.07, 6.45) is 0.425. The first-order valence-corrected chi connectivity index (χ1v) is 8.69. The first-order chi connectivity index (χ1) is 12.5. The van der Waals surface area contributed by atoms with Crippen LogP contribution in [0.3, 0.4) is 0 Å². The number of hydrogen-bond acceptors (Lipinski definition) is 5. The van der Waals surface area contributed by atoms with E-state index in [2.05, 4.69) is 18.7 Å². The van der Waals surface area contributed by atoms with E-state index >= 15 is 0 Å². The number of methoxy groups -OCH3 is 3. The minimum Gasteiger partial charge on any atom is -0.497 e. The average molecular weight is 357 g/mol. The Morgan fingerprint density at radius 2 is 1.62 bits per heavy atom. The van der Waals surface area contributed by atoms with Crippen molar-refractivity contribution in [2.75, 3.05) is 32.8 Å². The van der Waals surface area contributed by atoms with Gasteiger partial charge in [0.1, 0.15) is 5.75 Å². The lowest BCUT2D eigenvalue weighted by molar-refractivity contribution is 0.0975. The van der Waals surface area contributed by atoms with E-state index in [9.17, 15) is 4.79 Å². The number of hydrogen-bond donors (Lipinski definition) is 0. The predicted molar refractivity (Wildman–Crippen MR) is 104 cm³/mol. The lowest BCUT2D eigenvalue weighted by Gasteiger charge is -2.30. The normalized spacial score (nSPS) is 11.6. The van der Waals surface area contributed by atoms with E-state index in [0.29, 0.717) is 23.5 Å². The molecule has 0 heterocycles. The second-order valence-electron chi connectivity index (χ2n) is 6.03. The highest BCUT2D eigenvalue weighted by molar-refractivity contribution is 5.96. The van der Waals surface area contributed by atoms with Crippen LogP contribution < -0.4 is 19.1 Å². The molecule has 0 saturated heterocycles. The molecule has 2 aromatic carbocycles. The molecule has 1 atom stereocenters. The van der Waals surface area contributed by atoms with Crippen LogP contribution in [0.2, 0.25) is 0 Å². The molecule has 0 N–H and O–H groups in total. The highest BCUT2D eigenvalue weighted by Gasteiger charge is 2.19. The smallest absolute Gasteiger partial charge is 0.164 e. The number of anilines is 1. The van der Waals surface area contributed by atoms with Crippen LogP contribution in [-0.4, -0.2) is 39.7 Å². The molecule has 5 nitrogen and oxygen atoms in total. The minimum absolute atomic E-state index is 0.0488. The third-order valence-corrected chi connectivity index (χ3v) is 4.46. The van der Waals surface area contributed by atoms with Crippen molar-refractivity contribution in [3.8, 4) is 17.2 Å². The maximum Gasteiger partial charge on any atom is 0.164 e. The van der Waals surface area contributed by atoms with E-state index in [1.165, 1.54) is 0 Å². The number of Topliss-reactive ketones (excluding diaryl/α,β-unsaturated/α-hetero) is 1. The Kier molecular flexibility index (Phi) is 6.89. The number of ether oxygens (including phenoxy) is 3. The lowest BCUT2D eigenvalue weighted by Crippen LogP contribution is -2.34. The highest BCUT2D eigenvalue weighted by atomic mass is 16.5. The fourth-order valence-electron chi connectivity index (χ4n) is 3.03. The average Bonchev–Trinajstić information content (AvgIpc) is 2.68. The Bertz CT molecular complexity index is 727. The standard InChI is InChI=1S/C21H27NO4/c1-6-22(17-9-12-20(25-4)21(14-17)26-5)15(2)13-19(23)16-7-10-18(24-3)11-8-16/h7-12,14-15H,6,13H2,1-5H3. The molecule has 0 bridgehead atoms. The summed E-state index contributed by atoms with van der Waals surface area (Å²) in [5, 5.41) is 0. The van der Waals surface area contributed by atoms with Crippen LogP contribution >= 0.6 is 0 Å². The molecular formula is C21H27NO4. The third kappa shape index (κ3) is 4.48. The fourth-order valence-corrected chi connectivity index (χ4v) is 3.03. The molecule has 2 aromatic rings. The predicted octanol–water partition coefficient (Wildman–Crippen LogP) is 4.20. The van der Waals surface area contributed by atoms with Gasteiger partial charge in [0.15, 0.2) is 17.3 Å². The Morgan fingerprint density at radius 1 is 0.962 bits per heavy atom. The van der Waals surface area contributed by atoms with Gasteiger partial charge in [0.05, 0.1) is 21.3 Å². The molecular weight excluding hydrogens is 330 g/mol. The van der Waals surface area contributed by atoms with Crippen molar-refractivity contribution in [2.24, 2.45) is 0 Å². The highest BCUT2D eigenvalue weighted by Crippen LogP contribution is 2.32. The summed E-state index contributed by atoms with van der Waals surface area (Å²) in [5.41, 5.74) is 1.70. The van der Waals surface area contributed by atoms with Crippen LogP contribution in [0, 0.1) is 0 Å². The van der Waals surface area contributed by atoms with Crippen LogP contribution in [0.5, 0.6) is 17.2 Å². The first-order valence-electron chi connectivity index (χ1n) is 8.69. The molecule has 140 valence electrons. The zero-order valence-electron chi connectivity index (χ0n) is 16.1. The van der Waals surface area contributed by atoms with E-state index in [1.807, 2.05) is 30.3 Å². The van der Waals surface area contributed by atoms with Gasteiger partial charge in [0, 0.05) is 36.3 Å². The van der Waals surface area contributed by atoms with Crippen molar-refractivity contribution in [2.45, 2.75) is 26.3 Å². The van der Waals surface area contributed by atoms with Crippen molar-refractivity contribution in [3.63, 3.8) is 0 Å². The van der Waals surface area contributed by atoms with E-state index in [1.54, 1.807) is 33.5 Å². The van der Waals surface area contributed by atoms with Crippen molar-refractivity contribution < 1.29 is 19.0 Å². The quantitative estimate of drug-likeness (QED) is 0.630. The molecule has 0 radical (unpaired) electrons. The molecule has 0 saturated carbocycles. The van der Waals surface area contributed by atoms with Crippen LogP contribution in [0.4, 0.5) is 5.69 Å². The number of carbonyl (C=O) groups excluding carboxylic acids is 1. The Hall–Kier alpha value is -2.69. The maximum absolute atomic E-state index is 12.6. The van der Waals surface area contributed by atoms with Crippen LogP contribution in [-0.2, 0) is 0 Å².